The Balaban J connectivity index is 2.21. The Morgan fingerprint density at radius 3 is 2.29 bits per heavy atom. The number of allylic oxidation sites excluding steroid dienone is 1. The molecule has 9 nitrogen and oxygen atoms in total. The second-order valence-electron chi connectivity index (χ2n) is 12.3. The number of aliphatic hydroxyl groups is 2. The average Bonchev–Trinajstić information content (AvgIpc) is 2.81. The van der Waals surface area contributed by atoms with Gasteiger partial charge < -0.3 is 24.4 Å². The van der Waals surface area contributed by atoms with Gasteiger partial charge in [0.1, 0.15) is 11.7 Å². The van der Waals surface area contributed by atoms with Crippen LogP contribution in [0.25, 0.3) is 0 Å². The molecule has 2 saturated carbocycles. The molecule has 1 aliphatic heterocycles. The van der Waals surface area contributed by atoms with Gasteiger partial charge in [0.15, 0.2) is 23.3 Å². The molecule has 9 heteroatoms. The molecule has 212 valence electrons. The highest BCUT2D eigenvalue weighted by atomic mass is 16.6. The molecule has 2 N–H and O–H groups in total. The number of rotatable bonds is 8. The first-order valence-corrected chi connectivity index (χ1v) is 13.2. The lowest BCUT2D eigenvalue weighted by atomic mass is 9.39. The Kier molecular flexibility index (Phi) is 7.94. The summed E-state index contributed by atoms with van der Waals surface area (Å²) in [6, 6.07) is 0. The van der Waals surface area contributed by atoms with Gasteiger partial charge >= 0.3 is 11.9 Å². The van der Waals surface area contributed by atoms with E-state index in [9.17, 15) is 29.4 Å². The van der Waals surface area contributed by atoms with Crippen LogP contribution in [0.1, 0.15) is 80.1 Å². The number of carbonyl (C=O) groups is 4. The van der Waals surface area contributed by atoms with Crippen LogP contribution >= 0.6 is 0 Å². The second-order valence-corrected chi connectivity index (χ2v) is 12.3. The van der Waals surface area contributed by atoms with E-state index in [1.807, 2.05) is 13.8 Å². The molecule has 3 fully saturated rings. The zero-order valence-corrected chi connectivity index (χ0v) is 23.4. The molecule has 3 rings (SSSR count). The standard InChI is InChI=1S/C29H42O9/c1-9-18(31)12-11-13-21(34)37-22-23-25(4,5)15-14-19(32)27(23,7)29(35)20(33)16-26(6,10-2)38-28(29,8)24(22)36-17(3)30/h9-10,19,22-24,32,35H,1-2,11-16H2,3-8H3/t19-,22-,23-,24-,26-,27-,28+,29-/m0/s1. The predicted molar refractivity (Wildman–Crippen MR) is 138 cm³/mol. The zero-order chi connectivity index (χ0) is 28.9. The van der Waals surface area contributed by atoms with Crippen molar-refractivity contribution < 1.29 is 43.6 Å². The lowest BCUT2D eigenvalue weighted by Gasteiger charge is -2.71. The van der Waals surface area contributed by atoms with Gasteiger partial charge in [-0.05, 0) is 44.6 Å². The smallest absolute Gasteiger partial charge is 0.306 e. The maximum atomic E-state index is 14.0. The molecule has 2 aliphatic carbocycles. The lowest BCUT2D eigenvalue weighted by molar-refractivity contribution is -0.371. The van der Waals surface area contributed by atoms with Gasteiger partial charge in [-0.2, -0.15) is 0 Å². The summed E-state index contributed by atoms with van der Waals surface area (Å²) in [5, 5.41) is 24.0. The summed E-state index contributed by atoms with van der Waals surface area (Å²) in [6.07, 6.45) is -0.173. The summed E-state index contributed by atoms with van der Waals surface area (Å²) in [5.74, 6) is -2.91. The zero-order valence-electron chi connectivity index (χ0n) is 23.4. The van der Waals surface area contributed by atoms with Crippen molar-refractivity contribution in [3.8, 4) is 0 Å². The van der Waals surface area contributed by atoms with Crippen LogP contribution in [0.5, 0.6) is 0 Å². The number of Topliss-reactive ketones (excluding diaryl/α,β-unsaturated/α-hetero) is 1. The summed E-state index contributed by atoms with van der Waals surface area (Å²) in [7, 11) is 0. The minimum absolute atomic E-state index is 0.0829. The van der Waals surface area contributed by atoms with Crippen molar-refractivity contribution >= 4 is 23.5 Å². The first-order chi connectivity index (χ1) is 17.4. The topological polar surface area (TPSA) is 136 Å². The third-order valence-corrected chi connectivity index (χ3v) is 9.29. The molecule has 1 heterocycles. The highest BCUT2D eigenvalue weighted by Crippen LogP contribution is 2.67. The second kappa shape index (κ2) is 9.99. The molecule has 3 aliphatic rings. The normalized spacial score (nSPS) is 41.7. The number of hydrogen-bond donors (Lipinski definition) is 2. The van der Waals surface area contributed by atoms with E-state index < -0.39 is 69.6 Å². The van der Waals surface area contributed by atoms with Crippen LogP contribution in [-0.2, 0) is 33.4 Å². The van der Waals surface area contributed by atoms with Crippen molar-refractivity contribution in [1.29, 1.82) is 0 Å². The van der Waals surface area contributed by atoms with Crippen LogP contribution in [0.4, 0.5) is 0 Å². The molecule has 0 unspecified atom stereocenters. The van der Waals surface area contributed by atoms with Gasteiger partial charge in [0, 0.05) is 37.5 Å². The van der Waals surface area contributed by atoms with E-state index in [1.165, 1.54) is 26.0 Å². The molecular formula is C29H42O9. The van der Waals surface area contributed by atoms with Crippen molar-refractivity contribution in [1.82, 2.24) is 0 Å². The Hall–Kier alpha value is -2.36. The Labute approximate surface area is 224 Å². The van der Waals surface area contributed by atoms with Gasteiger partial charge in [0.05, 0.1) is 11.7 Å². The Bertz CT molecular complexity index is 1030. The number of ketones is 2. The van der Waals surface area contributed by atoms with Crippen molar-refractivity contribution in [2.24, 2.45) is 16.7 Å². The van der Waals surface area contributed by atoms with Crippen LogP contribution in [0, 0.1) is 16.7 Å². The fraction of sp³-hybridized carbons (Fsp3) is 0.724. The average molecular weight is 535 g/mol. The van der Waals surface area contributed by atoms with Crippen LogP contribution in [-0.4, -0.2) is 68.8 Å². The number of esters is 2. The summed E-state index contributed by atoms with van der Waals surface area (Å²) >= 11 is 0. The molecule has 0 radical (unpaired) electrons. The van der Waals surface area contributed by atoms with E-state index in [1.54, 1.807) is 13.8 Å². The summed E-state index contributed by atoms with van der Waals surface area (Å²) in [6.45, 7) is 17.0. The monoisotopic (exact) mass is 534 g/mol. The van der Waals surface area contributed by atoms with E-state index in [0.29, 0.717) is 12.8 Å². The third-order valence-electron chi connectivity index (χ3n) is 9.29. The fourth-order valence-corrected chi connectivity index (χ4v) is 7.46. The van der Waals surface area contributed by atoms with Gasteiger partial charge in [-0.15, -0.1) is 6.58 Å². The van der Waals surface area contributed by atoms with Crippen molar-refractivity contribution in [3.63, 3.8) is 0 Å². The largest absolute Gasteiger partial charge is 0.458 e. The van der Waals surface area contributed by atoms with Crippen molar-refractivity contribution in [2.75, 3.05) is 0 Å². The van der Waals surface area contributed by atoms with E-state index in [-0.39, 0.29) is 31.5 Å². The van der Waals surface area contributed by atoms with Gasteiger partial charge in [-0.1, -0.05) is 33.4 Å². The molecule has 0 bridgehead atoms. The number of ether oxygens (including phenoxy) is 3. The van der Waals surface area contributed by atoms with Crippen molar-refractivity contribution in [3.05, 3.63) is 25.3 Å². The predicted octanol–water partition coefficient (Wildman–Crippen LogP) is 3.00. The number of hydrogen-bond acceptors (Lipinski definition) is 9. The third kappa shape index (κ3) is 4.46. The van der Waals surface area contributed by atoms with Gasteiger partial charge in [0.25, 0.3) is 0 Å². The minimum Gasteiger partial charge on any atom is -0.458 e. The molecule has 0 aromatic heterocycles. The van der Waals surface area contributed by atoms with Crippen LogP contribution in [0.3, 0.4) is 0 Å². The van der Waals surface area contributed by atoms with Crippen LogP contribution in [0.2, 0.25) is 0 Å². The number of fused-ring (bicyclic) bond motifs is 3. The summed E-state index contributed by atoms with van der Waals surface area (Å²) < 4.78 is 18.3. The van der Waals surface area contributed by atoms with Gasteiger partial charge in [0.2, 0.25) is 0 Å². The van der Waals surface area contributed by atoms with Crippen LogP contribution < -0.4 is 0 Å². The molecule has 8 atom stereocenters. The van der Waals surface area contributed by atoms with E-state index >= 15 is 0 Å². The van der Waals surface area contributed by atoms with Gasteiger partial charge in [-0.3, -0.25) is 19.2 Å². The van der Waals surface area contributed by atoms with Crippen LogP contribution in [0.15, 0.2) is 25.3 Å². The quantitative estimate of drug-likeness (QED) is 0.273. The van der Waals surface area contributed by atoms with Gasteiger partial charge in [-0.25, -0.2) is 0 Å². The SMILES string of the molecule is C=CC(=O)CCCC(=O)O[C@H]1[C@H]2C(C)(C)CC[C@H](O)[C@]2(C)[C@@]2(O)C(=O)C[C@](C)(C=C)O[C@]2(C)[C@H]1OC(C)=O. The fourth-order valence-electron chi connectivity index (χ4n) is 7.46. The van der Waals surface area contributed by atoms with E-state index in [4.69, 9.17) is 14.2 Å². The molecule has 0 aromatic rings. The molecule has 1 saturated heterocycles. The Morgan fingerprint density at radius 2 is 1.74 bits per heavy atom. The Morgan fingerprint density at radius 1 is 1.11 bits per heavy atom. The molecule has 0 aromatic carbocycles. The number of aliphatic hydroxyl groups excluding tert-OH is 1. The maximum absolute atomic E-state index is 14.0. The molecular weight excluding hydrogens is 492 g/mol. The maximum Gasteiger partial charge on any atom is 0.306 e. The number of carbonyl (C=O) groups excluding carboxylic acids is 4. The minimum atomic E-state index is -2.29. The van der Waals surface area contributed by atoms with Crippen molar-refractivity contribution in [2.45, 2.75) is 115 Å². The highest BCUT2D eigenvalue weighted by Gasteiger charge is 2.82. The van der Waals surface area contributed by atoms with E-state index in [0.717, 1.165) is 0 Å². The first-order valence-electron chi connectivity index (χ1n) is 13.2. The molecule has 0 spiro atoms. The lowest BCUT2D eigenvalue weighted by Crippen LogP contribution is -2.87. The highest BCUT2D eigenvalue weighted by molar-refractivity contribution is 5.92. The molecule has 38 heavy (non-hydrogen) atoms. The van der Waals surface area contributed by atoms with E-state index in [2.05, 4.69) is 13.2 Å². The first kappa shape index (κ1) is 30.2. The summed E-state index contributed by atoms with van der Waals surface area (Å²) in [4.78, 5) is 51.1. The molecule has 0 amide bonds. The summed E-state index contributed by atoms with van der Waals surface area (Å²) in [5.41, 5.74) is -7.57.